The summed E-state index contributed by atoms with van der Waals surface area (Å²) in [6.45, 7) is 1.73. The van der Waals surface area contributed by atoms with E-state index in [1.807, 2.05) is 0 Å². The van der Waals surface area contributed by atoms with Gasteiger partial charge >= 0.3 is 5.69 Å². The van der Waals surface area contributed by atoms with Crippen LogP contribution in [0, 0.1) is 22.9 Å². The average Bonchev–Trinajstić information content (AvgIpc) is 2.36. The smallest absolute Gasteiger partial charge is 0.312 e. The molecule has 0 bridgehead atoms. The van der Waals surface area contributed by atoms with Gasteiger partial charge in [0.25, 0.3) is 0 Å². The predicted octanol–water partition coefficient (Wildman–Crippen LogP) is 4.75. The Morgan fingerprint density at radius 3 is 2.65 bits per heavy atom. The lowest BCUT2D eigenvalue weighted by atomic mass is 10.3. The van der Waals surface area contributed by atoms with Crippen molar-refractivity contribution in [2.45, 2.75) is 6.92 Å². The first-order valence-electron chi connectivity index (χ1n) is 5.32. The number of nitro benzene ring substituents is 1. The first kappa shape index (κ1) is 14.9. The van der Waals surface area contributed by atoms with Crippen molar-refractivity contribution in [3.05, 3.63) is 54.8 Å². The Bertz CT molecular complexity index is 695. The summed E-state index contributed by atoms with van der Waals surface area (Å²) in [5, 5.41) is 11.0. The number of halogens is 3. The van der Waals surface area contributed by atoms with Gasteiger partial charge in [-0.25, -0.2) is 9.37 Å². The van der Waals surface area contributed by atoms with Gasteiger partial charge in [-0.1, -0.05) is 0 Å². The van der Waals surface area contributed by atoms with E-state index in [4.69, 9.17) is 4.74 Å². The third-order valence-corrected chi connectivity index (χ3v) is 3.44. The van der Waals surface area contributed by atoms with Gasteiger partial charge < -0.3 is 4.74 Å². The molecule has 0 spiro atoms. The van der Waals surface area contributed by atoms with Gasteiger partial charge in [0.1, 0.15) is 5.82 Å². The number of pyridine rings is 1. The zero-order valence-corrected chi connectivity index (χ0v) is 13.2. The van der Waals surface area contributed by atoms with E-state index in [1.165, 1.54) is 6.20 Å². The molecule has 0 saturated carbocycles. The van der Waals surface area contributed by atoms with Gasteiger partial charge in [-0.3, -0.25) is 10.1 Å². The van der Waals surface area contributed by atoms with Gasteiger partial charge in [0.05, 0.1) is 9.40 Å². The lowest BCUT2D eigenvalue weighted by Gasteiger charge is -2.08. The fourth-order valence-corrected chi connectivity index (χ4v) is 2.26. The van der Waals surface area contributed by atoms with Crippen molar-refractivity contribution >= 4 is 37.5 Å². The van der Waals surface area contributed by atoms with Gasteiger partial charge in [0, 0.05) is 28.4 Å². The van der Waals surface area contributed by atoms with Crippen LogP contribution >= 0.6 is 31.9 Å². The lowest BCUT2D eigenvalue weighted by Crippen LogP contribution is -1.97. The number of nitrogens with zero attached hydrogens (tertiary/aromatic N) is 2. The van der Waals surface area contributed by atoms with Crippen molar-refractivity contribution < 1.29 is 14.1 Å². The maximum Gasteiger partial charge on any atom is 0.312 e. The molecule has 8 heteroatoms. The second-order valence-corrected chi connectivity index (χ2v) is 5.64. The monoisotopic (exact) mass is 404 g/mol. The molecule has 0 fully saturated rings. The minimum atomic E-state index is -0.652. The molecule has 1 aromatic heterocycles. The second-order valence-electron chi connectivity index (χ2n) is 3.87. The molecule has 2 aromatic rings. The second kappa shape index (κ2) is 5.84. The van der Waals surface area contributed by atoms with E-state index in [0.29, 0.717) is 5.56 Å². The Hall–Kier alpha value is -1.54. The Labute approximate surface area is 130 Å². The Balaban J connectivity index is 2.47. The number of rotatable bonds is 3. The fourth-order valence-electron chi connectivity index (χ4n) is 1.48. The molecule has 0 unspecified atom stereocenters. The summed E-state index contributed by atoms with van der Waals surface area (Å²) in [6.07, 6.45) is 1.49. The molecule has 0 N–H and O–H groups in total. The van der Waals surface area contributed by atoms with Crippen LogP contribution in [0.25, 0.3) is 0 Å². The summed E-state index contributed by atoms with van der Waals surface area (Å²) >= 11 is 6.15. The van der Waals surface area contributed by atoms with Crippen LogP contribution < -0.4 is 4.74 Å². The van der Waals surface area contributed by atoms with E-state index in [9.17, 15) is 14.5 Å². The lowest BCUT2D eigenvalue weighted by molar-refractivity contribution is -0.385. The quantitative estimate of drug-likeness (QED) is 0.545. The van der Waals surface area contributed by atoms with Crippen LogP contribution in [-0.4, -0.2) is 9.91 Å². The molecule has 0 aliphatic carbocycles. The van der Waals surface area contributed by atoms with Crippen molar-refractivity contribution in [2.24, 2.45) is 0 Å². The molecule has 0 amide bonds. The summed E-state index contributed by atoms with van der Waals surface area (Å²) < 4.78 is 19.6. The zero-order valence-electron chi connectivity index (χ0n) is 10.1. The summed E-state index contributed by atoms with van der Waals surface area (Å²) in [6, 6.07) is 3.74. The normalized spacial score (nSPS) is 10.4. The fraction of sp³-hybridized carbons (Fsp3) is 0.0833. The van der Waals surface area contributed by atoms with Crippen LogP contribution in [0.2, 0.25) is 0 Å². The highest BCUT2D eigenvalue weighted by Crippen LogP contribution is 2.36. The molecule has 1 heterocycles. The summed E-state index contributed by atoms with van der Waals surface area (Å²) in [7, 11) is 0. The number of aryl methyl sites for hydroxylation is 1. The van der Waals surface area contributed by atoms with Crippen molar-refractivity contribution in [3.8, 4) is 11.6 Å². The van der Waals surface area contributed by atoms with Crippen LogP contribution in [0.15, 0.2) is 33.3 Å². The van der Waals surface area contributed by atoms with Crippen molar-refractivity contribution in [3.63, 3.8) is 0 Å². The van der Waals surface area contributed by atoms with E-state index in [1.54, 1.807) is 13.0 Å². The molecule has 0 aliphatic heterocycles. The van der Waals surface area contributed by atoms with Crippen molar-refractivity contribution in [1.29, 1.82) is 0 Å². The number of benzene rings is 1. The molecule has 0 atom stereocenters. The minimum absolute atomic E-state index is 0.00274. The highest BCUT2D eigenvalue weighted by molar-refractivity contribution is 9.10. The predicted molar refractivity (Wildman–Crippen MR) is 77.5 cm³/mol. The average molecular weight is 406 g/mol. The number of hydrogen-bond donors (Lipinski definition) is 0. The molecule has 0 radical (unpaired) electrons. The topological polar surface area (TPSA) is 65.3 Å². The maximum atomic E-state index is 13.5. The van der Waals surface area contributed by atoms with Gasteiger partial charge in [-0.15, -0.1) is 0 Å². The maximum absolute atomic E-state index is 13.5. The Kier molecular flexibility index (Phi) is 4.34. The van der Waals surface area contributed by atoms with E-state index in [0.717, 1.165) is 16.6 Å². The molecular formula is C12H7Br2FN2O3. The molecule has 0 aliphatic rings. The molecule has 5 nitrogen and oxygen atoms in total. The Morgan fingerprint density at radius 2 is 2.05 bits per heavy atom. The van der Waals surface area contributed by atoms with Crippen LogP contribution in [0.5, 0.6) is 11.6 Å². The number of hydrogen-bond acceptors (Lipinski definition) is 4. The van der Waals surface area contributed by atoms with Crippen LogP contribution in [0.4, 0.5) is 10.1 Å². The van der Waals surface area contributed by atoms with E-state index in [2.05, 4.69) is 36.8 Å². The van der Waals surface area contributed by atoms with Crippen LogP contribution in [-0.2, 0) is 0 Å². The third-order valence-electron chi connectivity index (χ3n) is 2.40. The van der Waals surface area contributed by atoms with E-state index >= 15 is 0 Å². The minimum Gasteiger partial charge on any atom is -0.431 e. The summed E-state index contributed by atoms with van der Waals surface area (Å²) in [4.78, 5) is 14.3. The van der Waals surface area contributed by atoms with Gasteiger partial charge in [-0.2, -0.15) is 0 Å². The molecule has 1 aromatic carbocycles. The first-order chi connectivity index (χ1) is 9.38. The number of ether oxygens (including phenoxy) is 1. The van der Waals surface area contributed by atoms with Crippen LogP contribution in [0.3, 0.4) is 0 Å². The van der Waals surface area contributed by atoms with Gasteiger partial charge in [0.15, 0.2) is 0 Å². The molecule has 104 valence electrons. The highest BCUT2D eigenvalue weighted by Gasteiger charge is 2.20. The molecule has 2 rings (SSSR count). The molecule has 20 heavy (non-hydrogen) atoms. The van der Waals surface area contributed by atoms with E-state index < -0.39 is 10.7 Å². The highest BCUT2D eigenvalue weighted by atomic mass is 79.9. The van der Waals surface area contributed by atoms with Gasteiger partial charge in [0.2, 0.25) is 11.6 Å². The standard InChI is InChI=1S/C12H7Br2FN2O3/c1-6-2-7(13)5-16-12(6)20-11-4-9(15)8(14)3-10(11)17(18)19/h2-5H,1H3. The largest absolute Gasteiger partial charge is 0.431 e. The van der Waals surface area contributed by atoms with E-state index in [-0.39, 0.29) is 21.8 Å². The number of aromatic nitrogens is 1. The van der Waals surface area contributed by atoms with Crippen molar-refractivity contribution in [2.75, 3.05) is 0 Å². The Morgan fingerprint density at radius 1 is 1.35 bits per heavy atom. The van der Waals surface area contributed by atoms with Gasteiger partial charge in [-0.05, 0) is 44.8 Å². The van der Waals surface area contributed by atoms with Crippen molar-refractivity contribution in [1.82, 2.24) is 4.98 Å². The summed E-state index contributed by atoms with van der Waals surface area (Å²) in [5.41, 5.74) is 0.319. The third kappa shape index (κ3) is 3.13. The SMILES string of the molecule is Cc1cc(Br)cnc1Oc1cc(F)c(Br)cc1[N+](=O)[O-]. The first-order valence-corrected chi connectivity index (χ1v) is 6.90. The molecular weight excluding hydrogens is 399 g/mol. The van der Waals surface area contributed by atoms with Crippen LogP contribution in [0.1, 0.15) is 5.56 Å². The molecule has 0 saturated heterocycles. The zero-order chi connectivity index (χ0) is 14.9. The number of nitro groups is 1. The summed E-state index contributed by atoms with van der Waals surface area (Å²) in [5.74, 6) is -0.674.